The van der Waals surface area contributed by atoms with E-state index in [-0.39, 0.29) is 0 Å². The molecule has 4 rings (SSSR count). The van der Waals surface area contributed by atoms with Crippen LogP contribution in [0.2, 0.25) is 0 Å². The summed E-state index contributed by atoms with van der Waals surface area (Å²) in [6, 6.07) is 6.16. The molecule has 0 saturated carbocycles. The van der Waals surface area contributed by atoms with Gasteiger partial charge < -0.3 is 24.9 Å². The Hall–Kier alpha value is -1.60. The molecule has 1 aromatic heterocycles. The van der Waals surface area contributed by atoms with Crippen LogP contribution >= 0.6 is 0 Å². The summed E-state index contributed by atoms with van der Waals surface area (Å²) in [5, 5.41) is 15.3. The van der Waals surface area contributed by atoms with Crippen molar-refractivity contribution in [3.05, 3.63) is 29.5 Å². The SMILES string of the molecule is COc1ccc2[nH]c3c(c2c1)CN(C[C@]1(O)CNCCOC1)CC3. The molecule has 0 bridgehead atoms. The minimum Gasteiger partial charge on any atom is -0.497 e. The average molecular weight is 331 g/mol. The molecule has 130 valence electrons. The minimum absolute atomic E-state index is 0.394. The third-order valence-corrected chi connectivity index (χ3v) is 5.03. The van der Waals surface area contributed by atoms with Gasteiger partial charge in [-0.05, 0) is 23.8 Å². The standard InChI is InChI=1S/C18H25N3O3/c1-23-13-2-3-16-14(8-13)15-9-21(6-4-17(15)20-16)11-18(22)10-19-5-7-24-12-18/h2-3,8,19-20,22H,4-7,9-12H2,1H3/t18-/m1/s1. The summed E-state index contributed by atoms with van der Waals surface area (Å²) in [5.74, 6) is 0.876. The smallest absolute Gasteiger partial charge is 0.119 e. The number of nitrogens with one attached hydrogen (secondary N) is 2. The van der Waals surface area contributed by atoms with E-state index in [1.54, 1.807) is 7.11 Å². The van der Waals surface area contributed by atoms with Crippen LogP contribution in [0.4, 0.5) is 0 Å². The quantitative estimate of drug-likeness (QED) is 0.779. The number of ether oxygens (including phenoxy) is 2. The lowest BCUT2D eigenvalue weighted by Gasteiger charge is -2.35. The number of rotatable bonds is 3. The van der Waals surface area contributed by atoms with E-state index in [2.05, 4.69) is 27.3 Å². The summed E-state index contributed by atoms with van der Waals surface area (Å²) in [5.41, 5.74) is 2.96. The van der Waals surface area contributed by atoms with Crippen LogP contribution < -0.4 is 10.1 Å². The highest BCUT2D eigenvalue weighted by Crippen LogP contribution is 2.31. The Morgan fingerprint density at radius 2 is 2.33 bits per heavy atom. The summed E-state index contributed by atoms with van der Waals surface area (Å²) >= 11 is 0. The van der Waals surface area contributed by atoms with Crippen molar-refractivity contribution in [2.24, 2.45) is 0 Å². The zero-order valence-electron chi connectivity index (χ0n) is 14.1. The van der Waals surface area contributed by atoms with Gasteiger partial charge in [-0.1, -0.05) is 0 Å². The highest BCUT2D eigenvalue weighted by atomic mass is 16.5. The maximum Gasteiger partial charge on any atom is 0.119 e. The first-order valence-corrected chi connectivity index (χ1v) is 8.57. The van der Waals surface area contributed by atoms with E-state index < -0.39 is 5.60 Å². The summed E-state index contributed by atoms with van der Waals surface area (Å²) in [6.07, 6.45) is 0.969. The molecular weight excluding hydrogens is 306 g/mol. The van der Waals surface area contributed by atoms with Crippen LogP contribution in [0.15, 0.2) is 18.2 Å². The molecule has 2 aromatic rings. The second kappa shape index (κ2) is 6.37. The van der Waals surface area contributed by atoms with Gasteiger partial charge in [0.05, 0.1) is 20.3 Å². The summed E-state index contributed by atoms with van der Waals surface area (Å²) < 4.78 is 10.9. The molecule has 6 heteroatoms. The van der Waals surface area contributed by atoms with E-state index in [9.17, 15) is 5.11 Å². The van der Waals surface area contributed by atoms with Crippen LogP contribution in [-0.2, 0) is 17.7 Å². The number of aliphatic hydroxyl groups is 1. The lowest BCUT2D eigenvalue weighted by molar-refractivity contribution is -0.0510. The molecule has 2 aliphatic heterocycles. The Labute approximate surface area is 141 Å². The molecule has 0 amide bonds. The van der Waals surface area contributed by atoms with E-state index in [0.717, 1.165) is 37.3 Å². The van der Waals surface area contributed by atoms with Crippen LogP contribution in [0.1, 0.15) is 11.3 Å². The fraction of sp³-hybridized carbons (Fsp3) is 0.556. The van der Waals surface area contributed by atoms with E-state index in [4.69, 9.17) is 9.47 Å². The van der Waals surface area contributed by atoms with Crippen LogP contribution in [0, 0.1) is 0 Å². The van der Waals surface area contributed by atoms with Crippen molar-refractivity contribution in [3.8, 4) is 5.75 Å². The molecule has 1 saturated heterocycles. The van der Waals surface area contributed by atoms with Crippen molar-refractivity contribution >= 4 is 10.9 Å². The van der Waals surface area contributed by atoms with Crippen molar-refractivity contribution in [1.82, 2.24) is 15.2 Å². The number of β-amino-alcohol motifs (C(OH)–C–C–N with tert-alkyl or cyclic N) is 1. The lowest BCUT2D eigenvalue weighted by Crippen LogP contribution is -2.52. The van der Waals surface area contributed by atoms with Crippen LogP contribution in [0.25, 0.3) is 10.9 Å². The van der Waals surface area contributed by atoms with Gasteiger partial charge in [-0.3, -0.25) is 4.90 Å². The van der Waals surface area contributed by atoms with Gasteiger partial charge in [0.15, 0.2) is 0 Å². The normalized spacial score (nSPS) is 25.4. The molecule has 1 atom stereocenters. The number of fused-ring (bicyclic) bond motifs is 3. The molecule has 0 radical (unpaired) electrons. The first kappa shape index (κ1) is 15.9. The van der Waals surface area contributed by atoms with Crippen LogP contribution in [0.5, 0.6) is 5.75 Å². The molecular formula is C18H25N3O3. The zero-order valence-corrected chi connectivity index (χ0v) is 14.1. The number of aromatic nitrogens is 1. The number of hydrogen-bond acceptors (Lipinski definition) is 5. The van der Waals surface area contributed by atoms with E-state index >= 15 is 0 Å². The first-order chi connectivity index (χ1) is 11.7. The number of hydrogen-bond donors (Lipinski definition) is 3. The predicted molar refractivity (Wildman–Crippen MR) is 92.5 cm³/mol. The van der Waals surface area contributed by atoms with Crippen LogP contribution in [0.3, 0.4) is 0 Å². The van der Waals surface area contributed by atoms with Gasteiger partial charge in [-0.15, -0.1) is 0 Å². The maximum atomic E-state index is 10.8. The van der Waals surface area contributed by atoms with Crippen LogP contribution in [-0.4, -0.2) is 67.1 Å². The molecule has 1 aromatic carbocycles. The zero-order chi connectivity index (χ0) is 16.6. The number of aromatic amines is 1. The average Bonchev–Trinajstić information content (AvgIpc) is 2.80. The van der Waals surface area contributed by atoms with E-state index in [1.807, 2.05) is 6.07 Å². The maximum absolute atomic E-state index is 10.8. The lowest BCUT2D eigenvalue weighted by atomic mass is 10.00. The topological polar surface area (TPSA) is 69.8 Å². The molecule has 24 heavy (non-hydrogen) atoms. The van der Waals surface area contributed by atoms with Gasteiger partial charge in [0, 0.05) is 55.7 Å². The highest BCUT2D eigenvalue weighted by Gasteiger charge is 2.33. The van der Waals surface area contributed by atoms with Crippen molar-refractivity contribution in [1.29, 1.82) is 0 Å². The highest BCUT2D eigenvalue weighted by molar-refractivity contribution is 5.86. The monoisotopic (exact) mass is 331 g/mol. The molecule has 0 aliphatic carbocycles. The van der Waals surface area contributed by atoms with Gasteiger partial charge in [0.1, 0.15) is 11.4 Å². The summed E-state index contributed by atoms with van der Waals surface area (Å²) in [7, 11) is 1.70. The number of benzene rings is 1. The second-order valence-electron chi connectivity index (χ2n) is 6.91. The molecule has 0 unspecified atom stereocenters. The van der Waals surface area contributed by atoms with Gasteiger partial charge in [0.2, 0.25) is 0 Å². The number of methoxy groups -OCH3 is 1. The summed E-state index contributed by atoms with van der Waals surface area (Å²) in [6.45, 7) is 4.84. The van der Waals surface area contributed by atoms with E-state index in [0.29, 0.717) is 26.3 Å². The Morgan fingerprint density at radius 3 is 3.21 bits per heavy atom. The molecule has 0 spiro atoms. The predicted octanol–water partition coefficient (Wildman–Crippen LogP) is 0.885. The van der Waals surface area contributed by atoms with Crippen molar-refractivity contribution in [3.63, 3.8) is 0 Å². The fourth-order valence-electron chi connectivity index (χ4n) is 3.81. The third-order valence-electron chi connectivity index (χ3n) is 5.03. The molecule has 6 nitrogen and oxygen atoms in total. The Morgan fingerprint density at radius 1 is 1.42 bits per heavy atom. The summed E-state index contributed by atoms with van der Waals surface area (Å²) in [4.78, 5) is 5.85. The first-order valence-electron chi connectivity index (χ1n) is 8.57. The van der Waals surface area contributed by atoms with Crippen molar-refractivity contribution in [2.75, 3.05) is 46.5 Å². The van der Waals surface area contributed by atoms with Gasteiger partial charge >= 0.3 is 0 Å². The van der Waals surface area contributed by atoms with Crippen molar-refractivity contribution < 1.29 is 14.6 Å². The number of nitrogens with zero attached hydrogens (tertiary/aromatic N) is 1. The van der Waals surface area contributed by atoms with Gasteiger partial charge in [-0.2, -0.15) is 0 Å². The molecule has 3 heterocycles. The Bertz CT molecular complexity index is 720. The van der Waals surface area contributed by atoms with E-state index in [1.165, 1.54) is 16.6 Å². The Kier molecular flexibility index (Phi) is 4.22. The number of H-pyrrole nitrogens is 1. The molecule has 3 N–H and O–H groups in total. The van der Waals surface area contributed by atoms with Gasteiger partial charge in [0.25, 0.3) is 0 Å². The third kappa shape index (κ3) is 3.02. The molecule has 2 aliphatic rings. The fourth-order valence-corrected chi connectivity index (χ4v) is 3.81. The largest absolute Gasteiger partial charge is 0.497 e. The molecule has 1 fully saturated rings. The minimum atomic E-state index is -0.822. The Balaban J connectivity index is 1.56. The van der Waals surface area contributed by atoms with Crippen molar-refractivity contribution in [2.45, 2.75) is 18.6 Å². The van der Waals surface area contributed by atoms with Gasteiger partial charge in [-0.25, -0.2) is 0 Å². The second-order valence-corrected chi connectivity index (χ2v) is 6.91.